The Hall–Kier alpha value is -3.07. The lowest BCUT2D eigenvalue weighted by molar-refractivity contribution is 0.311. The average Bonchev–Trinajstić information content (AvgIpc) is 3.37. The zero-order valence-electron chi connectivity index (χ0n) is 15.3. The molecule has 4 N–H and O–H groups in total. The smallest absolute Gasteiger partial charge is 0.204 e. The second kappa shape index (κ2) is 7.16. The standard InChI is InChI=1S/C19H22N8O/c28-17-9-12(19-24-26-27-25-19)1-4-15(17)16-5-6-18(23-22-16)20-10-11-7-13-2-3-14(8-11)21-13/h1,4-6,9,11,13-14,21,28H,2-3,7-8,10H2,(H,20,23)(H,24,25,26,27). The molecule has 0 spiro atoms. The van der Waals surface area contributed by atoms with Gasteiger partial charge in [-0.3, -0.25) is 0 Å². The van der Waals surface area contributed by atoms with E-state index in [2.05, 4.69) is 41.5 Å². The molecule has 2 aromatic heterocycles. The van der Waals surface area contributed by atoms with Crippen LogP contribution in [0.3, 0.4) is 0 Å². The molecule has 2 aliphatic rings. The molecule has 4 heterocycles. The molecule has 0 aliphatic carbocycles. The number of H-pyrrole nitrogens is 1. The van der Waals surface area contributed by atoms with Crippen LogP contribution in [-0.4, -0.2) is 54.6 Å². The molecule has 28 heavy (non-hydrogen) atoms. The summed E-state index contributed by atoms with van der Waals surface area (Å²) in [6.45, 7) is 0.924. The van der Waals surface area contributed by atoms with Gasteiger partial charge in [0.05, 0.1) is 5.69 Å². The Morgan fingerprint density at radius 2 is 1.89 bits per heavy atom. The van der Waals surface area contributed by atoms with Crippen molar-refractivity contribution >= 4 is 5.82 Å². The molecule has 2 aliphatic heterocycles. The molecule has 3 aromatic rings. The van der Waals surface area contributed by atoms with E-state index in [1.54, 1.807) is 12.1 Å². The van der Waals surface area contributed by atoms with Crippen LogP contribution in [-0.2, 0) is 0 Å². The fraction of sp³-hybridized carbons (Fsp3) is 0.421. The largest absolute Gasteiger partial charge is 0.507 e. The predicted octanol–water partition coefficient (Wildman–Crippen LogP) is 1.97. The van der Waals surface area contributed by atoms with Gasteiger partial charge in [0.15, 0.2) is 0 Å². The number of hydrogen-bond acceptors (Lipinski definition) is 8. The van der Waals surface area contributed by atoms with Gasteiger partial charge in [0.2, 0.25) is 5.82 Å². The lowest BCUT2D eigenvalue weighted by Crippen LogP contribution is -2.40. The van der Waals surface area contributed by atoms with Gasteiger partial charge in [-0.25, -0.2) is 0 Å². The summed E-state index contributed by atoms with van der Waals surface area (Å²) in [5.74, 6) is 1.97. The average molecular weight is 378 g/mol. The molecule has 2 bridgehead atoms. The van der Waals surface area contributed by atoms with Crippen LogP contribution in [0, 0.1) is 5.92 Å². The van der Waals surface area contributed by atoms with Gasteiger partial charge in [-0.15, -0.1) is 20.4 Å². The van der Waals surface area contributed by atoms with E-state index in [4.69, 9.17) is 0 Å². The number of nitrogens with one attached hydrogen (secondary N) is 3. The van der Waals surface area contributed by atoms with Crippen LogP contribution in [0.25, 0.3) is 22.6 Å². The van der Waals surface area contributed by atoms with Crippen LogP contribution in [0.1, 0.15) is 25.7 Å². The van der Waals surface area contributed by atoms with Crippen molar-refractivity contribution in [2.75, 3.05) is 11.9 Å². The molecule has 0 radical (unpaired) electrons. The summed E-state index contributed by atoms with van der Waals surface area (Å²) in [5, 5.41) is 39.8. The summed E-state index contributed by atoms with van der Waals surface area (Å²) in [4.78, 5) is 0. The highest BCUT2D eigenvalue weighted by atomic mass is 16.3. The molecule has 2 unspecified atom stereocenters. The van der Waals surface area contributed by atoms with Crippen molar-refractivity contribution in [1.82, 2.24) is 36.1 Å². The highest BCUT2D eigenvalue weighted by Gasteiger charge is 2.33. The summed E-state index contributed by atoms with van der Waals surface area (Å²) in [7, 11) is 0. The first-order valence-corrected chi connectivity index (χ1v) is 9.65. The Morgan fingerprint density at radius 1 is 1.04 bits per heavy atom. The number of piperidine rings is 1. The van der Waals surface area contributed by atoms with Crippen LogP contribution in [0.4, 0.5) is 5.82 Å². The van der Waals surface area contributed by atoms with Crippen molar-refractivity contribution < 1.29 is 5.11 Å². The SMILES string of the molecule is Oc1cc(-c2nn[nH]n2)ccc1-c1ccc(NCC2CC3CCC(C2)N3)nn1. The number of aromatic nitrogens is 6. The van der Waals surface area contributed by atoms with Gasteiger partial charge in [0.25, 0.3) is 0 Å². The number of anilines is 1. The minimum Gasteiger partial charge on any atom is -0.507 e. The minimum atomic E-state index is 0.0995. The van der Waals surface area contributed by atoms with E-state index in [-0.39, 0.29) is 5.75 Å². The number of aromatic amines is 1. The number of phenolic OH excluding ortho intramolecular Hbond substituents is 1. The molecule has 144 valence electrons. The van der Waals surface area contributed by atoms with E-state index in [0.29, 0.717) is 40.6 Å². The van der Waals surface area contributed by atoms with Crippen molar-refractivity contribution in [3.63, 3.8) is 0 Å². The Bertz CT molecular complexity index is 931. The number of nitrogens with zero attached hydrogens (tertiary/aromatic N) is 5. The van der Waals surface area contributed by atoms with Crippen LogP contribution in [0.5, 0.6) is 5.75 Å². The highest BCUT2D eigenvalue weighted by Crippen LogP contribution is 2.32. The van der Waals surface area contributed by atoms with E-state index in [1.807, 2.05) is 18.2 Å². The fourth-order valence-electron chi connectivity index (χ4n) is 4.33. The Labute approximate surface area is 162 Å². The summed E-state index contributed by atoms with van der Waals surface area (Å²) >= 11 is 0. The Balaban J connectivity index is 1.25. The zero-order chi connectivity index (χ0) is 18.9. The first-order chi connectivity index (χ1) is 13.7. The first-order valence-electron chi connectivity index (χ1n) is 9.65. The molecule has 0 saturated carbocycles. The van der Waals surface area contributed by atoms with E-state index in [0.717, 1.165) is 12.4 Å². The third-order valence-corrected chi connectivity index (χ3v) is 5.68. The quantitative estimate of drug-likeness (QED) is 0.531. The lowest BCUT2D eigenvalue weighted by Gasteiger charge is -2.29. The second-order valence-electron chi connectivity index (χ2n) is 7.63. The number of fused-ring (bicyclic) bond motifs is 2. The number of hydrogen-bond donors (Lipinski definition) is 4. The monoisotopic (exact) mass is 378 g/mol. The topological polar surface area (TPSA) is 125 Å². The predicted molar refractivity (Wildman–Crippen MR) is 103 cm³/mol. The van der Waals surface area contributed by atoms with E-state index in [1.165, 1.54) is 25.7 Å². The third-order valence-electron chi connectivity index (χ3n) is 5.68. The van der Waals surface area contributed by atoms with Gasteiger partial charge < -0.3 is 15.7 Å². The van der Waals surface area contributed by atoms with Crippen LogP contribution in [0.2, 0.25) is 0 Å². The Kier molecular flexibility index (Phi) is 4.36. The van der Waals surface area contributed by atoms with Crippen LogP contribution in [0.15, 0.2) is 30.3 Å². The van der Waals surface area contributed by atoms with Crippen molar-refractivity contribution in [3.05, 3.63) is 30.3 Å². The number of tetrazole rings is 1. The highest BCUT2D eigenvalue weighted by molar-refractivity contribution is 5.71. The molecule has 0 amide bonds. The fourth-order valence-corrected chi connectivity index (χ4v) is 4.33. The molecule has 2 saturated heterocycles. The molecule has 2 fully saturated rings. The minimum absolute atomic E-state index is 0.0995. The molecular formula is C19H22N8O. The molecule has 5 rings (SSSR count). The van der Waals surface area contributed by atoms with Crippen molar-refractivity contribution in [2.45, 2.75) is 37.8 Å². The van der Waals surface area contributed by atoms with E-state index >= 15 is 0 Å². The molecule has 1 aromatic carbocycles. The number of phenols is 1. The third kappa shape index (κ3) is 3.40. The van der Waals surface area contributed by atoms with E-state index in [9.17, 15) is 5.11 Å². The van der Waals surface area contributed by atoms with Gasteiger partial charge >= 0.3 is 0 Å². The normalized spacial score (nSPS) is 23.6. The van der Waals surface area contributed by atoms with Crippen LogP contribution < -0.4 is 10.6 Å². The number of benzene rings is 1. The Morgan fingerprint density at radius 3 is 2.57 bits per heavy atom. The summed E-state index contributed by atoms with van der Waals surface area (Å²) < 4.78 is 0. The van der Waals surface area contributed by atoms with Gasteiger partial charge in [0, 0.05) is 29.8 Å². The van der Waals surface area contributed by atoms with Gasteiger partial charge in [-0.05, 0) is 61.1 Å². The maximum absolute atomic E-state index is 10.4. The van der Waals surface area contributed by atoms with Crippen molar-refractivity contribution in [3.8, 4) is 28.4 Å². The van der Waals surface area contributed by atoms with Crippen molar-refractivity contribution in [1.29, 1.82) is 0 Å². The molecule has 9 nitrogen and oxygen atoms in total. The van der Waals surface area contributed by atoms with Crippen molar-refractivity contribution in [2.24, 2.45) is 5.92 Å². The van der Waals surface area contributed by atoms with E-state index < -0.39 is 0 Å². The maximum atomic E-state index is 10.4. The summed E-state index contributed by atoms with van der Waals surface area (Å²) in [5.41, 5.74) is 1.90. The van der Waals surface area contributed by atoms with Gasteiger partial charge in [0.1, 0.15) is 11.6 Å². The molecule has 9 heteroatoms. The van der Waals surface area contributed by atoms with Gasteiger partial charge in [-0.1, -0.05) is 6.07 Å². The first kappa shape index (κ1) is 17.1. The number of aromatic hydroxyl groups is 1. The second-order valence-corrected chi connectivity index (χ2v) is 7.63. The van der Waals surface area contributed by atoms with Gasteiger partial charge in [-0.2, -0.15) is 5.21 Å². The zero-order valence-corrected chi connectivity index (χ0v) is 15.3. The summed E-state index contributed by atoms with van der Waals surface area (Å²) in [6.07, 6.45) is 5.08. The number of rotatable bonds is 5. The molecular weight excluding hydrogens is 356 g/mol. The summed E-state index contributed by atoms with van der Waals surface area (Å²) in [6, 6.07) is 10.4. The van der Waals surface area contributed by atoms with Crippen LogP contribution >= 0.6 is 0 Å². The maximum Gasteiger partial charge on any atom is 0.204 e. The molecule has 2 atom stereocenters. The lowest BCUT2D eigenvalue weighted by atomic mass is 9.92.